The maximum atomic E-state index is 13.7. The first-order valence-electron chi connectivity index (χ1n) is 13.1. The number of ether oxygens (including phenoxy) is 2. The van der Waals surface area contributed by atoms with Crippen LogP contribution < -0.4 is 14.8 Å². The molecule has 1 amide bonds. The number of rotatable bonds is 9. The van der Waals surface area contributed by atoms with Gasteiger partial charge in [-0.3, -0.25) is 9.78 Å². The largest absolute Gasteiger partial charge is 0.586 e. The molecule has 0 spiro atoms. The van der Waals surface area contributed by atoms with Gasteiger partial charge < -0.3 is 24.5 Å². The van der Waals surface area contributed by atoms with Crippen LogP contribution >= 0.6 is 0 Å². The third-order valence-electron chi connectivity index (χ3n) is 7.16. The summed E-state index contributed by atoms with van der Waals surface area (Å²) in [5.74, 6) is 0.425. The number of fused-ring (bicyclic) bond motifs is 2. The first kappa shape index (κ1) is 27.1. The monoisotopic (exact) mass is 584 g/mol. The second-order valence-corrected chi connectivity index (χ2v) is 12.3. The third kappa shape index (κ3) is 5.22. The number of aliphatic hydroxyl groups excluding tert-OH is 1. The number of alkyl halides is 2. The van der Waals surface area contributed by atoms with Gasteiger partial charge in [0.2, 0.25) is 0 Å². The van der Waals surface area contributed by atoms with Gasteiger partial charge in [0, 0.05) is 23.2 Å². The van der Waals surface area contributed by atoms with Crippen molar-refractivity contribution in [3.8, 4) is 11.5 Å². The molecular weight excluding hydrogens is 558 g/mol. The average Bonchev–Trinajstić information content (AvgIpc) is 3.67. The van der Waals surface area contributed by atoms with Crippen LogP contribution in [0.4, 0.5) is 8.78 Å². The number of carbonyl (C=O) groups is 1. The predicted molar refractivity (Wildman–Crippen MR) is 143 cm³/mol. The zero-order valence-electron chi connectivity index (χ0n) is 21.9. The molecule has 1 fully saturated rings. The van der Waals surface area contributed by atoms with Gasteiger partial charge in [-0.05, 0) is 49.2 Å². The van der Waals surface area contributed by atoms with E-state index in [4.69, 9.17) is 9.72 Å². The zero-order valence-corrected chi connectivity index (χ0v) is 22.7. The van der Waals surface area contributed by atoms with Gasteiger partial charge in [0.25, 0.3) is 5.91 Å². The number of amides is 1. The molecule has 1 aliphatic heterocycles. The highest BCUT2D eigenvalue weighted by molar-refractivity contribution is 7.91. The molecule has 4 aromatic rings. The normalized spacial score (nSPS) is 16.6. The van der Waals surface area contributed by atoms with E-state index in [9.17, 15) is 27.1 Å². The number of carbonyl (C=O) groups excluding carboxylic acids is 1. The van der Waals surface area contributed by atoms with Crippen molar-refractivity contribution >= 4 is 26.8 Å². The average molecular weight is 585 g/mol. The molecule has 0 radical (unpaired) electrons. The van der Waals surface area contributed by atoms with Gasteiger partial charge in [-0.25, -0.2) is 13.4 Å². The van der Waals surface area contributed by atoms with E-state index in [2.05, 4.69) is 15.0 Å². The van der Waals surface area contributed by atoms with Gasteiger partial charge in [0.1, 0.15) is 5.82 Å². The van der Waals surface area contributed by atoms with E-state index in [1.54, 1.807) is 30.3 Å². The summed E-state index contributed by atoms with van der Waals surface area (Å²) in [4.78, 5) is 22.1. The van der Waals surface area contributed by atoms with Crippen LogP contribution in [0.15, 0.2) is 59.6 Å². The number of nitrogens with one attached hydrogen (secondary N) is 1. The number of aromatic nitrogens is 3. The molecule has 41 heavy (non-hydrogen) atoms. The zero-order chi connectivity index (χ0) is 28.9. The summed E-state index contributed by atoms with van der Waals surface area (Å²) >= 11 is 0. The molecule has 2 aromatic carbocycles. The summed E-state index contributed by atoms with van der Waals surface area (Å²) in [6, 6.07) is 11.7. The molecule has 13 heteroatoms. The van der Waals surface area contributed by atoms with Crippen molar-refractivity contribution in [3.63, 3.8) is 0 Å². The molecule has 0 saturated heterocycles. The van der Waals surface area contributed by atoms with E-state index in [1.807, 2.05) is 4.57 Å². The Kier molecular flexibility index (Phi) is 6.65. The number of pyridine rings is 1. The van der Waals surface area contributed by atoms with Gasteiger partial charge in [-0.15, -0.1) is 8.78 Å². The van der Waals surface area contributed by atoms with Crippen LogP contribution in [0.1, 0.15) is 59.2 Å². The lowest BCUT2D eigenvalue weighted by Gasteiger charge is -2.16. The number of para-hydroxylation sites is 1. The van der Waals surface area contributed by atoms with Crippen molar-refractivity contribution in [2.75, 3.05) is 12.4 Å². The molecule has 2 aliphatic rings. The van der Waals surface area contributed by atoms with Gasteiger partial charge in [-0.2, -0.15) is 0 Å². The minimum absolute atomic E-state index is 0.0129. The quantitative estimate of drug-likeness (QED) is 0.302. The van der Waals surface area contributed by atoms with Crippen molar-refractivity contribution < 1.29 is 36.6 Å². The Bertz CT molecular complexity index is 1750. The Morgan fingerprint density at radius 2 is 2.00 bits per heavy atom. The van der Waals surface area contributed by atoms with E-state index < -0.39 is 34.7 Å². The molecule has 2 N–H and O–H groups in total. The van der Waals surface area contributed by atoms with Crippen LogP contribution in [0.3, 0.4) is 0 Å². The molecule has 214 valence electrons. The van der Waals surface area contributed by atoms with E-state index in [0.29, 0.717) is 22.3 Å². The maximum Gasteiger partial charge on any atom is 0.586 e. The topological polar surface area (TPSA) is 133 Å². The van der Waals surface area contributed by atoms with Crippen molar-refractivity contribution in [2.24, 2.45) is 0 Å². The van der Waals surface area contributed by atoms with E-state index in [-0.39, 0.29) is 34.6 Å². The predicted octanol–water partition coefficient (Wildman–Crippen LogP) is 3.94. The van der Waals surface area contributed by atoms with Gasteiger partial charge >= 0.3 is 6.29 Å². The Balaban J connectivity index is 1.26. The molecular formula is C28H26F2N4O6S. The molecule has 1 saturated carbocycles. The van der Waals surface area contributed by atoms with Crippen molar-refractivity contribution in [2.45, 2.75) is 49.5 Å². The number of imidazole rings is 1. The summed E-state index contributed by atoms with van der Waals surface area (Å²) in [5, 5.41) is 12.6. The highest BCUT2D eigenvalue weighted by Crippen LogP contribution is 2.45. The SMILES string of the molecule is CCS(=O)(=O)c1ccc([C@@H](CO)NC(=O)c2ccc3c(c2)nc(C2CC2)n3Cc2cccc3c2OC(F)(F)O3)nc1. The van der Waals surface area contributed by atoms with Crippen LogP contribution in [0.5, 0.6) is 11.5 Å². The molecule has 1 atom stereocenters. The fourth-order valence-corrected chi connectivity index (χ4v) is 5.65. The first-order valence-corrected chi connectivity index (χ1v) is 14.7. The summed E-state index contributed by atoms with van der Waals surface area (Å²) < 4.78 is 62.9. The standard InChI is InChI=1S/C28H26F2N4O6S/c1-2-41(37,38)19-9-10-20(31-13-19)22(15-35)33-27(36)17-8-11-23-21(12-17)32-26(16-6-7-16)34(23)14-18-4-3-5-24-25(18)40-28(29,30)39-24/h3-5,8-13,16,22,35H,2,6-7,14-15H2,1H3,(H,33,36)/t22-/m1/s1. The van der Waals surface area contributed by atoms with Crippen molar-refractivity contribution in [3.05, 3.63) is 77.4 Å². The van der Waals surface area contributed by atoms with Crippen LogP contribution in [0.25, 0.3) is 11.0 Å². The lowest BCUT2D eigenvalue weighted by Crippen LogP contribution is -2.31. The molecule has 1 aliphatic carbocycles. The first-order chi connectivity index (χ1) is 19.6. The van der Waals surface area contributed by atoms with Crippen LogP contribution in [0.2, 0.25) is 0 Å². The molecule has 3 heterocycles. The number of halogens is 2. The summed E-state index contributed by atoms with van der Waals surface area (Å²) in [5.41, 5.74) is 2.40. The van der Waals surface area contributed by atoms with Gasteiger partial charge in [0.15, 0.2) is 21.3 Å². The summed E-state index contributed by atoms with van der Waals surface area (Å²) in [6.07, 6.45) is -0.620. The Hall–Kier alpha value is -4.10. The number of benzene rings is 2. The molecule has 0 bridgehead atoms. The fraction of sp³-hybridized carbons (Fsp3) is 0.321. The van der Waals surface area contributed by atoms with E-state index in [0.717, 1.165) is 24.2 Å². The molecule has 10 nitrogen and oxygen atoms in total. The Morgan fingerprint density at radius 3 is 2.68 bits per heavy atom. The van der Waals surface area contributed by atoms with Gasteiger partial charge in [-0.1, -0.05) is 19.1 Å². The highest BCUT2D eigenvalue weighted by atomic mass is 32.2. The lowest BCUT2D eigenvalue weighted by molar-refractivity contribution is -0.286. The van der Waals surface area contributed by atoms with E-state index in [1.165, 1.54) is 31.3 Å². The van der Waals surface area contributed by atoms with Crippen molar-refractivity contribution in [1.29, 1.82) is 0 Å². The number of nitrogens with zero attached hydrogens (tertiary/aromatic N) is 3. The minimum Gasteiger partial charge on any atom is -0.395 e. The fourth-order valence-electron chi connectivity index (χ4n) is 4.83. The van der Waals surface area contributed by atoms with Crippen molar-refractivity contribution in [1.82, 2.24) is 19.9 Å². The second kappa shape index (κ2) is 10.1. The van der Waals surface area contributed by atoms with E-state index >= 15 is 0 Å². The number of hydrogen-bond acceptors (Lipinski definition) is 8. The Morgan fingerprint density at radius 1 is 1.20 bits per heavy atom. The second-order valence-electron chi connectivity index (χ2n) is 9.98. The van der Waals surface area contributed by atoms with Crippen LogP contribution in [-0.4, -0.2) is 52.6 Å². The molecule has 6 rings (SSSR count). The molecule has 0 unspecified atom stereocenters. The lowest BCUT2D eigenvalue weighted by atomic mass is 10.1. The molecule has 2 aromatic heterocycles. The third-order valence-corrected chi connectivity index (χ3v) is 8.88. The minimum atomic E-state index is -3.73. The highest BCUT2D eigenvalue weighted by Gasteiger charge is 2.44. The van der Waals surface area contributed by atoms with Gasteiger partial charge in [0.05, 0.1) is 46.6 Å². The smallest absolute Gasteiger partial charge is 0.395 e. The Labute approximate surface area is 233 Å². The summed E-state index contributed by atoms with van der Waals surface area (Å²) in [6.45, 7) is 1.30. The van der Waals surface area contributed by atoms with Crippen LogP contribution in [0, 0.1) is 0 Å². The van der Waals surface area contributed by atoms with Crippen LogP contribution in [-0.2, 0) is 16.4 Å². The number of hydrogen-bond donors (Lipinski definition) is 2. The number of aliphatic hydroxyl groups is 1. The number of sulfone groups is 1. The maximum absolute atomic E-state index is 13.7. The summed E-state index contributed by atoms with van der Waals surface area (Å²) in [7, 11) is -3.43.